The Morgan fingerprint density at radius 1 is 1.39 bits per heavy atom. The lowest BCUT2D eigenvalue weighted by molar-refractivity contribution is 0.0689. The minimum Gasteiger partial charge on any atom is -0.497 e. The third kappa shape index (κ3) is 1.41. The zero-order valence-electron chi connectivity index (χ0n) is 9.62. The van der Waals surface area contributed by atoms with Gasteiger partial charge in [-0.1, -0.05) is 0 Å². The maximum absolute atomic E-state index is 11.0. The van der Waals surface area contributed by atoms with Gasteiger partial charge < -0.3 is 9.84 Å². The number of benzene rings is 1. The highest BCUT2D eigenvalue weighted by molar-refractivity contribution is 5.97. The van der Waals surface area contributed by atoms with Crippen LogP contribution >= 0.6 is 0 Å². The Morgan fingerprint density at radius 2 is 2.22 bits per heavy atom. The van der Waals surface area contributed by atoms with Gasteiger partial charge in [0.1, 0.15) is 11.4 Å². The highest BCUT2D eigenvalue weighted by Crippen LogP contribution is 2.24. The summed E-state index contributed by atoms with van der Waals surface area (Å²) >= 11 is 0. The number of methoxy groups -OCH3 is 1. The molecule has 0 aliphatic rings. The molecule has 0 aliphatic carbocycles. The fourth-order valence-electron chi connectivity index (χ4n) is 2.03. The van der Waals surface area contributed by atoms with E-state index < -0.39 is 5.97 Å². The molecule has 90 valence electrons. The summed E-state index contributed by atoms with van der Waals surface area (Å²) in [6.45, 7) is 0. The number of hydrogen-bond donors (Lipinski definition) is 1. The van der Waals surface area contributed by atoms with Crippen molar-refractivity contribution >= 4 is 22.4 Å². The number of hydrogen-bond acceptors (Lipinski definition) is 3. The van der Waals surface area contributed by atoms with Gasteiger partial charge in [0.25, 0.3) is 0 Å². The van der Waals surface area contributed by atoms with Crippen molar-refractivity contribution in [3.8, 4) is 5.75 Å². The Morgan fingerprint density at radius 3 is 2.94 bits per heavy atom. The van der Waals surface area contributed by atoms with Crippen LogP contribution in [0.5, 0.6) is 5.75 Å². The van der Waals surface area contributed by atoms with E-state index in [0.717, 1.165) is 16.5 Å². The molecule has 0 unspecified atom stereocenters. The number of carboxylic acids is 1. The first kappa shape index (κ1) is 10.6. The molecule has 0 bridgehead atoms. The summed E-state index contributed by atoms with van der Waals surface area (Å²) in [6.07, 6.45) is 3.06. The molecule has 0 atom stereocenters. The van der Waals surface area contributed by atoms with Crippen molar-refractivity contribution in [1.82, 2.24) is 9.38 Å². The Balaban J connectivity index is 2.37. The second kappa shape index (κ2) is 3.73. The topological polar surface area (TPSA) is 63.8 Å². The Labute approximate surface area is 102 Å². The van der Waals surface area contributed by atoms with E-state index in [1.807, 2.05) is 24.3 Å². The molecular formula is C13H10N2O3. The van der Waals surface area contributed by atoms with Crippen LogP contribution in [0.25, 0.3) is 16.4 Å². The molecule has 5 nitrogen and oxygen atoms in total. The third-order valence-electron chi connectivity index (χ3n) is 2.92. The SMILES string of the molecule is COc1ccc2c(ccn3c(C(=O)O)cnc23)c1. The van der Waals surface area contributed by atoms with Gasteiger partial charge in [0.15, 0.2) is 5.69 Å². The monoisotopic (exact) mass is 242 g/mol. The molecular weight excluding hydrogens is 232 g/mol. The van der Waals surface area contributed by atoms with Crippen molar-refractivity contribution in [3.05, 3.63) is 42.4 Å². The van der Waals surface area contributed by atoms with Gasteiger partial charge in [-0.05, 0) is 29.7 Å². The quantitative estimate of drug-likeness (QED) is 0.748. The Bertz CT molecular complexity index is 761. The van der Waals surface area contributed by atoms with E-state index in [2.05, 4.69) is 4.98 Å². The van der Waals surface area contributed by atoms with Crippen molar-refractivity contribution < 1.29 is 14.6 Å². The number of imidazole rings is 1. The normalized spacial score (nSPS) is 10.9. The highest BCUT2D eigenvalue weighted by atomic mass is 16.5. The van der Waals surface area contributed by atoms with Gasteiger partial charge in [-0.3, -0.25) is 4.40 Å². The summed E-state index contributed by atoms with van der Waals surface area (Å²) in [5.74, 6) is -0.229. The van der Waals surface area contributed by atoms with Crippen LogP contribution in [0.1, 0.15) is 10.5 Å². The number of ether oxygens (including phenoxy) is 1. The molecule has 1 N–H and O–H groups in total. The Kier molecular flexibility index (Phi) is 2.19. The first-order valence-corrected chi connectivity index (χ1v) is 5.38. The molecule has 0 aliphatic heterocycles. The average molecular weight is 242 g/mol. The number of rotatable bonds is 2. The molecule has 2 aromatic heterocycles. The van der Waals surface area contributed by atoms with Crippen LogP contribution in [-0.4, -0.2) is 27.6 Å². The average Bonchev–Trinajstić information content (AvgIpc) is 2.82. The van der Waals surface area contributed by atoms with Crippen LogP contribution in [0.4, 0.5) is 0 Å². The second-order valence-corrected chi connectivity index (χ2v) is 3.91. The minimum atomic E-state index is -0.990. The molecule has 3 aromatic rings. The van der Waals surface area contributed by atoms with E-state index in [1.165, 1.54) is 6.20 Å². The molecule has 0 saturated carbocycles. The predicted octanol–water partition coefficient (Wildman–Crippen LogP) is 2.19. The van der Waals surface area contributed by atoms with Crippen LogP contribution in [0.2, 0.25) is 0 Å². The summed E-state index contributed by atoms with van der Waals surface area (Å²) in [6, 6.07) is 7.45. The van der Waals surface area contributed by atoms with Crippen LogP contribution in [0, 0.1) is 0 Å². The summed E-state index contributed by atoms with van der Waals surface area (Å²) < 4.78 is 6.72. The van der Waals surface area contributed by atoms with Gasteiger partial charge in [0, 0.05) is 11.6 Å². The zero-order chi connectivity index (χ0) is 12.7. The lowest BCUT2D eigenvalue weighted by atomic mass is 10.1. The van der Waals surface area contributed by atoms with Crippen LogP contribution < -0.4 is 4.74 Å². The molecule has 0 saturated heterocycles. The van der Waals surface area contributed by atoms with Gasteiger partial charge in [-0.25, -0.2) is 9.78 Å². The first-order chi connectivity index (χ1) is 8.70. The molecule has 0 fully saturated rings. The van der Waals surface area contributed by atoms with Crippen molar-refractivity contribution in [2.75, 3.05) is 7.11 Å². The molecule has 2 heterocycles. The van der Waals surface area contributed by atoms with Crippen molar-refractivity contribution in [2.24, 2.45) is 0 Å². The molecule has 0 amide bonds. The lowest BCUT2D eigenvalue weighted by Crippen LogP contribution is -2.01. The molecule has 0 radical (unpaired) electrons. The van der Waals surface area contributed by atoms with Crippen molar-refractivity contribution in [2.45, 2.75) is 0 Å². The third-order valence-corrected chi connectivity index (χ3v) is 2.92. The number of fused-ring (bicyclic) bond motifs is 3. The van der Waals surface area contributed by atoms with Gasteiger partial charge in [0.05, 0.1) is 13.3 Å². The molecule has 3 rings (SSSR count). The van der Waals surface area contributed by atoms with Crippen molar-refractivity contribution in [3.63, 3.8) is 0 Å². The number of carbonyl (C=O) groups is 1. The first-order valence-electron chi connectivity index (χ1n) is 5.38. The fourth-order valence-corrected chi connectivity index (χ4v) is 2.03. The van der Waals surface area contributed by atoms with E-state index in [1.54, 1.807) is 17.7 Å². The fraction of sp³-hybridized carbons (Fsp3) is 0.0769. The summed E-state index contributed by atoms with van der Waals surface area (Å²) in [7, 11) is 1.61. The smallest absolute Gasteiger partial charge is 0.354 e. The van der Waals surface area contributed by atoms with E-state index in [9.17, 15) is 4.79 Å². The maximum Gasteiger partial charge on any atom is 0.354 e. The summed E-state index contributed by atoms with van der Waals surface area (Å²) in [4.78, 5) is 15.2. The molecule has 5 heteroatoms. The molecule has 0 spiro atoms. The van der Waals surface area contributed by atoms with Gasteiger partial charge in [0.2, 0.25) is 0 Å². The minimum absolute atomic E-state index is 0.155. The van der Waals surface area contributed by atoms with Crippen LogP contribution in [0.15, 0.2) is 36.7 Å². The van der Waals surface area contributed by atoms with Gasteiger partial charge in [-0.15, -0.1) is 0 Å². The van der Waals surface area contributed by atoms with E-state index in [4.69, 9.17) is 9.84 Å². The summed E-state index contributed by atoms with van der Waals surface area (Å²) in [5, 5.41) is 10.9. The zero-order valence-corrected chi connectivity index (χ0v) is 9.62. The standard InChI is InChI=1S/C13H10N2O3/c1-18-9-2-3-10-8(6-9)4-5-15-11(13(16)17)7-14-12(10)15/h2-7H,1H3,(H,16,17). The largest absolute Gasteiger partial charge is 0.497 e. The number of pyridine rings is 1. The predicted molar refractivity (Wildman–Crippen MR) is 66.2 cm³/mol. The Hall–Kier alpha value is -2.56. The van der Waals surface area contributed by atoms with Gasteiger partial charge in [-0.2, -0.15) is 0 Å². The number of carboxylic acid groups (broad SMARTS) is 1. The molecule has 1 aromatic carbocycles. The van der Waals surface area contributed by atoms with Gasteiger partial charge >= 0.3 is 5.97 Å². The van der Waals surface area contributed by atoms with Crippen LogP contribution in [-0.2, 0) is 0 Å². The van der Waals surface area contributed by atoms with E-state index in [0.29, 0.717) is 5.65 Å². The lowest BCUT2D eigenvalue weighted by Gasteiger charge is -2.04. The number of nitrogens with zero attached hydrogens (tertiary/aromatic N) is 2. The van der Waals surface area contributed by atoms with E-state index >= 15 is 0 Å². The highest BCUT2D eigenvalue weighted by Gasteiger charge is 2.12. The summed E-state index contributed by atoms with van der Waals surface area (Å²) in [5.41, 5.74) is 0.787. The van der Waals surface area contributed by atoms with E-state index in [-0.39, 0.29) is 5.69 Å². The van der Waals surface area contributed by atoms with Crippen LogP contribution in [0.3, 0.4) is 0 Å². The maximum atomic E-state index is 11.0. The number of aromatic carboxylic acids is 1. The second-order valence-electron chi connectivity index (χ2n) is 3.91. The molecule has 18 heavy (non-hydrogen) atoms. The number of aromatic nitrogens is 2. The van der Waals surface area contributed by atoms with Crippen molar-refractivity contribution in [1.29, 1.82) is 0 Å².